The Kier molecular flexibility index (Phi) is 4.22. The van der Waals surface area contributed by atoms with Crippen LogP contribution in [0.2, 0.25) is 5.02 Å². The van der Waals surface area contributed by atoms with E-state index in [-0.39, 0.29) is 0 Å². The number of ether oxygens (including phenoxy) is 1. The molecule has 88 valence electrons. The van der Waals surface area contributed by atoms with Gasteiger partial charge in [-0.05, 0) is 43.0 Å². The van der Waals surface area contributed by atoms with Gasteiger partial charge in [0.1, 0.15) is 0 Å². The van der Waals surface area contributed by atoms with Crippen LogP contribution in [0, 0.1) is 0 Å². The third kappa shape index (κ3) is 2.57. The van der Waals surface area contributed by atoms with Crippen molar-refractivity contribution in [1.82, 2.24) is 5.32 Å². The SMILES string of the molecule is COCCCNC1CCc2c(Cl)cccc21. The van der Waals surface area contributed by atoms with E-state index in [1.807, 2.05) is 12.1 Å². The number of halogens is 1. The summed E-state index contributed by atoms with van der Waals surface area (Å²) in [6.07, 6.45) is 3.31. The van der Waals surface area contributed by atoms with Gasteiger partial charge in [-0.2, -0.15) is 0 Å². The average Bonchev–Trinajstić information content (AvgIpc) is 2.70. The first kappa shape index (κ1) is 11.9. The maximum absolute atomic E-state index is 6.17. The van der Waals surface area contributed by atoms with E-state index in [2.05, 4.69) is 11.4 Å². The molecule has 0 fully saturated rings. The summed E-state index contributed by atoms with van der Waals surface area (Å²) >= 11 is 6.17. The van der Waals surface area contributed by atoms with Crippen molar-refractivity contribution in [3.05, 3.63) is 34.3 Å². The fourth-order valence-electron chi connectivity index (χ4n) is 2.31. The second-order valence-corrected chi connectivity index (χ2v) is 4.61. The van der Waals surface area contributed by atoms with Gasteiger partial charge in [0.25, 0.3) is 0 Å². The predicted molar refractivity (Wildman–Crippen MR) is 67.0 cm³/mol. The zero-order chi connectivity index (χ0) is 11.4. The number of rotatable bonds is 5. The van der Waals surface area contributed by atoms with Gasteiger partial charge in [-0.25, -0.2) is 0 Å². The van der Waals surface area contributed by atoms with Crippen LogP contribution in [0.1, 0.15) is 30.0 Å². The highest BCUT2D eigenvalue weighted by Gasteiger charge is 2.23. The van der Waals surface area contributed by atoms with E-state index in [1.165, 1.54) is 11.1 Å². The van der Waals surface area contributed by atoms with Gasteiger partial charge >= 0.3 is 0 Å². The van der Waals surface area contributed by atoms with Crippen molar-refractivity contribution in [2.45, 2.75) is 25.3 Å². The Morgan fingerprint density at radius 1 is 1.50 bits per heavy atom. The number of hydrogen-bond acceptors (Lipinski definition) is 2. The Balaban J connectivity index is 1.93. The van der Waals surface area contributed by atoms with Crippen molar-refractivity contribution < 1.29 is 4.74 Å². The number of fused-ring (bicyclic) bond motifs is 1. The van der Waals surface area contributed by atoms with Gasteiger partial charge < -0.3 is 10.1 Å². The van der Waals surface area contributed by atoms with Gasteiger partial charge in [0.2, 0.25) is 0 Å². The van der Waals surface area contributed by atoms with Crippen LogP contribution in [0.15, 0.2) is 18.2 Å². The molecule has 1 aliphatic rings. The van der Waals surface area contributed by atoms with Crippen LogP contribution in [0.3, 0.4) is 0 Å². The van der Waals surface area contributed by atoms with E-state index in [0.29, 0.717) is 6.04 Å². The van der Waals surface area contributed by atoms with Crippen molar-refractivity contribution in [1.29, 1.82) is 0 Å². The Hall–Kier alpha value is -0.570. The van der Waals surface area contributed by atoms with E-state index >= 15 is 0 Å². The molecule has 1 aliphatic carbocycles. The van der Waals surface area contributed by atoms with E-state index < -0.39 is 0 Å². The molecule has 0 aliphatic heterocycles. The zero-order valence-electron chi connectivity index (χ0n) is 9.63. The molecule has 1 aromatic rings. The third-order valence-corrected chi connectivity index (χ3v) is 3.48. The maximum atomic E-state index is 6.17. The summed E-state index contributed by atoms with van der Waals surface area (Å²) in [6.45, 7) is 1.83. The monoisotopic (exact) mass is 239 g/mol. The van der Waals surface area contributed by atoms with Crippen LogP contribution in [-0.4, -0.2) is 20.3 Å². The van der Waals surface area contributed by atoms with Crippen molar-refractivity contribution in [2.75, 3.05) is 20.3 Å². The fourth-order valence-corrected chi connectivity index (χ4v) is 2.59. The van der Waals surface area contributed by atoms with E-state index in [1.54, 1.807) is 7.11 Å². The standard InChI is InChI=1S/C13H18ClNO/c1-16-9-3-8-15-13-7-6-10-11(13)4-2-5-12(10)14/h2,4-5,13,15H,3,6-9H2,1H3. The lowest BCUT2D eigenvalue weighted by molar-refractivity contribution is 0.193. The van der Waals surface area contributed by atoms with Gasteiger partial charge in [-0.15, -0.1) is 0 Å². The molecule has 1 atom stereocenters. The van der Waals surface area contributed by atoms with Gasteiger partial charge in [0.05, 0.1) is 0 Å². The second-order valence-electron chi connectivity index (χ2n) is 4.20. The molecule has 1 unspecified atom stereocenters. The number of benzene rings is 1. The first-order valence-corrected chi connectivity index (χ1v) is 6.20. The summed E-state index contributed by atoms with van der Waals surface area (Å²) in [4.78, 5) is 0. The summed E-state index contributed by atoms with van der Waals surface area (Å²) in [5, 5.41) is 4.48. The second kappa shape index (κ2) is 5.67. The molecule has 0 spiro atoms. The van der Waals surface area contributed by atoms with Crippen LogP contribution < -0.4 is 5.32 Å². The summed E-state index contributed by atoms with van der Waals surface area (Å²) in [7, 11) is 1.74. The van der Waals surface area contributed by atoms with Crippen LogP contribution in [0.4, 0.5) is 0 Å². The lowest BCUT2D eigenvalue weighted by Gasteiger charge is -2.13. The molecule has 0 radical (unpaired) electrons. The molecule has 2 rings (SSSR count). The highest BCUT2D eigenvalue weighted by atomic mass is 35.5. The molecule has 0 aromatic heterocycles. The molecule has 0 bridgehead atoms. The minimum Gasteiger partial charge on any atom is -0.385 e. The molecule has 0 heterocycles. The van der Waals surface area contributed by atoms with E-state index in [9.17, 15) is 0 Å². The largest absolute Gasteiger partial charge is 0.385 e. The Morgan fingerprint density at radius 3 is 3.19 bits per heavy atom. The normalized spacial score (nSPS) is 18.8. The highest BCUT2D eigenvalue weighted by molar-refractivity contribution is 6.31. The highest BCUT2D eigenvalue weighted by Crippen LogP contribution is 2.35. The fraction of sp³-hybridized carbons (Fsp3) is 0.538. The van der Waals surface area contributed by atoms with E-state index in [4.69, 9.17) is 16.3 Å². The molecular weight excluding hydrogens is 222 g/mol. The van der Waals surface area contributed by atoms with Crippen LogP contribution in [-0.2, 0) is 11.2 Å². The summed E-state index contributed by atoms with van der Waals surface area (Å²) in [6, 6.07) is 6.68. The molecule has 0 amide bonds. The average molecular weight is 240 g/mol. The predicted octanol–water partition coefficient (Wildman–Crippen LogP) is 2.95. The molecule has 0 saturated carbocycles. The lowest BCUT2D eigenvalue weighted by atomic mass is 10.1. The van der Waals surface area contributed by atoms with E-state index in [0.717, 1.165) is 37.4 Å². The number of nitrogens with one attached hydrogen (secondary N) is 1. The first-order valence-electron chi connectivity index (χ1n) is 5.82. The third-order valence-electron chi connectivity index (χ3n) is 3.13. The number of hydrogen-bond donors (Lipinski definition) is 1. The summed E-state index contributed by atoms with van der Waals surface area (Å²) in [5.74, 6) is 0. The molecular formula is C13H18ClNO. The van der Waals surface area contributed by atoms with Crippen molar-refractivity contribution in [2.24, 2.45) is 0 Å². The summed E-state index contributed by atoms with van der Waals surface area (Å²) < 4.78 is 5.03. The Labute approximate surface area is 102 Å². The van der Waals surface area contributed by atoms with Gasteiger partial charge in [0, 0.05) is 24.8 Å². The molecule has 16 heavy (non-hydrogen) atoms. The Morgan fingerprint density at radius 2 is 2.38 bits per heavy atom. The van der Waals surface area contributed by atoms with Crippen molar-refractivity contribution >= 4 is 11.6 Å². The number of methoxy groups -OCH3 is 1. The van der Waals surface area contributed by atoms with Crippen LogP contribution in [0.25, 0.3) is 0 Å². The first-order chi connectivity index (χ1) is 7.83. The smallest absolute Gasteiger partial charge is 0.0474 e. The Bertz CT molecular complexity index is 354. The van der Waals surface area contributed by atoms with Gasteiger partial charge in [-0.1, -0.05) is 23.7 Å². The molecule has 0 saturated heterocycles. The quantitative estimate of drug-likeness (QED) is 0.798. The molecule has 3 heteroatoms. The molecule has 2 nitrogen and oxygen atoms in total. The van der Waals surface area contributed by atoms with Crippen molar-refractivity contribution in [3.8, 4) is 0 Å². The lowest BCUT2D eigenvalue weighted by Crippen LogP contribution is -2.21. The minimum atomic E-state index is 0.477. The van der Waals surface area contributed by atoms with Crippen LogP contribution >= 0.6 is 11.6 Å². The molecule has 1 aromatic carbocycles. The van der Waals surface area contributed by atoms with Gasteiger partial charge in [-0.3, -0.25) is 0 Å². The van der Waals surface area contributed by atoms with Crippen molar-refractivity contribution in [3.63, 3.8) is 0 Å². The van der Waals surface area contributed by atoms with Gasteiger partial charge in [0.15, 0.2) is 0 Å². The van der Waals surface area contributed by atoms with Crippen LogP contribution in [0.5, 0.6) is 0 Å². The minimum absolute atomic E-state index is 0.477. The molecule has 1 N–H and O–H groups in total. The topological polar surface area (TPSA) is 21.3 Å². The maximum Gasteiger partial charge on any atom is 0.0474 e. The summed E-state index contributed by atoms with van der Waals surface area (Å²) in [5.41, 5.74) is 2.71. The zero-order valence-corrected chi connectivity index (χ0v) is 10.4.